The van der Waals surface area contributed by atoms with E-state index in [2.05, 4.69) is 11.7 Å². The van der Waals surface area contributed by atoms with E-state index in [0.717, 1.165) is 12.8 Å². The van der Waals surface area contributed by atoms with Gasteiger partial charge in [-0.3, -0.25) is 0 Å². The van der Waals surface area contributed by atoms with Crippen LogP contribution in [0.2, 0.25) is 0 Å². The Kier molecular flexibility index (Phi) is 5.89. The first kappa shape index (κ1) is 14.7. The molecule has 0 heterocycles. The van der Waals surface area contributed by atoms with Crippen molar-refractivity contribution in [1.82, 2.24) is 0 Å². The fourth-order valence-electron chi connectivity index (χ4n) is 2.35. The van der Waals surface area contributed by atoms with Crippen LogP contribution in [-0.4, -0.2) is 26.2 Å². The van der Waals surface area contributed by atoms with E-state index in [9.17, 15) is 9.59 Å². The number of hydrogen-bond acceptors (Lipinski definition) is 4. The van der Waals surface area contributed by atoms with E-state index in [-0.39, 0.29) is 11.9 Å². The van der Waals surface area contributed by atoms with Crippen LogP contribution in [0.15, 0.2) is 11.1 Å². The molecule has 0 fully saturated rings. The van der Waals surface area contributed by atoms with E-state index in [4.69, 9.17) is 4.74 Å². The van der Waals surface area contributed by atoms with Crippen molar-refractivity contribution in [2.45, 2.75) is 45.4 Å². The molecule has 0 bridgehead atoms. The predicted molar refractivity (Wildman–Crippen MR) is 67.9 cm³/mol. The molecule has 4 nitrogen and oxygen atoms in total. The second-order valence-electron chi connectivity index (χ2n) is 4.63. The molecule has 1 rings (SSSR count). The molecule has 1 unspecified atom stereocenters. The fraction of sp³-hybridized carbons (Fsp3) is 0.714. The third-order valence-electron chi connectivity index (χ3n) is 3.43. The maximum Gasteiger partial charge on any atom is 0.334 e. The van der Waals surface area contributed by atoms with Crippen molar-refractivity contribution in [2.75, 3.05) is 14.2 Å². The molecule has 1 aliphatic carbocycles. The van der Waals surface area contributed by atoms with Gasteiger partial charge in [0.15, 0.2) is 0 Å². The molecular formula is C14H22O4. The quantitative estimate of drug-likeness (QED) is 0.517. The number of methoxy groups -OCH3 is 2. The Labute approximate surface area is 108 Å². The summed E-state index contributed by atoms with van der Waals surface area (Å²) in [5, 5.41) is 0. The maximum atomic E-state index is 11.6. The highest BCUT2D eigenvalue weighted by atomic mass is 16.5. The highest BCUT2D eigenvalue weighted by Crippen LogP contribution is 2.39. The number of hydrogen-bond donors (Lipinski definition) is 0. The number of carbonyl (C=O) groups is 2. The first-order valence-corrected chi connectivity index (χ1v) is 6.55. The lowest BCUT2D eigenvalue weighted by atomic mass is 9.74. The molecule has 0 radical (unpaired) electrons. The van der Waals surface area contributed by atoms with Crippen LogP contribution in [0, 0.1) is 5.92 Å². The third-order valence-corrected chi connectivity index (χ3v) is 3.43. The molecule has 0 aromatic rings. The third kappa shape index (κ3) is 3.34. The minimum absolute atomic E-state index is 0.170. The van der Waals surface area contributed by atoms with Gasteiger partial charge in [0.2, 0.25) is 0 Å². The van der Waals surface area contributed by atoms with Crippen LogP contribution in [0.5, 0.6) is 0 Å². The van der Waals surface area contributed by atoms with Crippen molar-refractivity contribution < 1.29 is 19.1 Å². The second-order valence-corrected chi connectivity index (χ2v) is 4.63. The zero-order valence-electron chi connectivity index (χ0n) is 11.5. The van der Waals surface area contributed by atoms with Gasteiger partial charge in [-0.25, -0.2) is 9.59 Å². The first-order valence-electron chi connectivity index (χ1n) is 6.55. The summed E-state index contributed by atoms with van der Waals surface area (Å²) in [5.74, 6) is -0.620. The lowest BCUT2D eigenvalue weighted by Gasteiger charge is -2.30. The molecule has 102 valence electrons. The summed E-state index contributed by atoms with van der Waals surface area (Å²) < 4.78 is 9.40. The Bertz CT molecular complexity index is 344. The average Bonchev–Trinajstić information content (AvgIpc) is 2.36. The number of unbranched alkanes of at least 4 members (excludes halogenated alkanes) is 3. The van der Waals surface area contributed by atoms with Crippen LogP contribution in [0.1, 0.15) is 45.4 Å². The molecule has 0 aliphatic heterocycles. The number of rotatable bonds is 7. The van der Waals surface area contributed by atoms with Gasteiger partial charge in [-0.05, 0) is 18.8 Å². The first-order chi connectivity index (χ1) is 8.65. The highest BCUT2D eigenvalue weighted by molar-refractivity contribution is 6.03. The van der Waals surface area contributed by atoms with Crippen molar-refractivity contribution in [3.8, 4) is 0 Å². The van der Waals surface area contributed by atoms with Gasteiger partial charge in [0, 0.05) is 5.57 Å². The number of esters is 2. The van der Waals surface area contributed by atoms with E-state index in [1.807, 2.05) is 0 Å². The Balaban J connectivity index is 2.59. The number of carbonyl (C=O) groups excluding carboxylic acids is 2. The molecule has 0 saturated carbocycles. The van der Waals surface area contributed by atoms with Gasteiger partial charge in [0.05, 0.1) is 19.8 Å². The molecule has 0 N–H and O–H groups in total. The van der Waals surface area contributed by atoms with E-state index >= 15 is 0 Å². The smallest absolute Gasteiger partial charge is 0.334 e. The minimum atomic E-state index is -0.403. The maximum absolute atomic E-state index is 11.6. The zero-order valence-corrected chi connectivity index (χ0v) is 11.5. The topological polar surface area (TPSA) is 52.6 Å². The lowest BCUT2D eigenvalue weighted by Crippen LogP contribution is -2.30. The molecule has 18 heavy (non-hydrogen) atoms. The van der Waals surface area contributed by atoms with Gasteiger partial charge in [0.25, 0.3) is 0 Å². The van der Waals surface area contributed by atoms with Gasteiger partial charge < -0.3 is 9.47 Å². The molecule has 0 saturated heterocycles. The summed E-state index contributed by atoms with van der Waals surface area (Å²) in [6.07, 6.45) is 6.27. The van der Waals surface area contributed by atoms with Crippen LogP contribution >= 0.6 is 0 Å². The van der Waals surface area contributed by atoms with Crippen LogP contribution < -0.4 is 0 Å². The van der Waals surface area contributed by atoms with E-state index in [1.54, 1.807) is 0 Å². The average molecular weight is 254 g/mol. The summed E-state index contributed by atoms with van der Waals surface area (Å²) in [4.78, 5) is 23.1. The summed E-state index contributed by atoms with van der Waals surface area (Å²) in [5.41, 5.74) is 1.02. The van der Waals surface area contributed by atoms with Gasteiger partial charge >= 0.3 is 11.9 Å². The minimum Gasteiger partial charge on any atom is -0.466 e. The molecule has 4 heteroatoms. The summed E-state index contributed by atoms with van der Waals surface area (Å²) in [6.45, 7) is 2.17. The zero-order chi connectivity index (χ0) is 13.5. The number of ether oxygens (including phenoxy) is 2. The van der Waals surface area contributed by atoms with Gasteiger partial charge in [-0.15, -0.1) is 0 Å². The van der Waals surface area contributed by atoms with Gasteiger partial charge in [-0.2, -0.15) is 0 Å². The Morgan fingerprint density at radius 1 is 1.11 bits per heavy atom. The van der Waals surface area contributed by atoms with Crippen LogP contribution in [0.4, 0.5) is 0 Å². The van der Waals surface area contributed by atoms with Crippen molar-refractivity contribution in [2.24, 2.45) is 5.92 Å². The standard InChI is InChI=1S/C14H22O4/c1-4-5-6-7-8-10-9-11(13(15)17-2)12(10)14(16)18-3/h10H,4-9H2,1-3H3. The lowest BCUT2D eigenvalue weighted by molar-refractivity contribution is -0.141. The van der Waals surface area contributed by atoms with Crippen LogP contribution in [-0.2, 0) is 19.1 Å². The molecule has 1 aliphatic rings. The molecule has 0 aromatic heterocycles. The van der Waals surface area contributed by atoms with Crippen molar-refractivity contribution in [3.05, 3.63) is 11.1 Å². The second kappa shape index (κ2) is 7.19. The largest absolute Gasteiger partial charge is 0.466 e. The van der Waals surface area contributed by atoms with E-state index < -0.39 is 5.97 Å². The van der Waals surface area contributed by atoms with E-state index in [1.165, 1.54) is 33.5 Å². The van der Waals surface area contributed by atoms with Crippen LogP contribution in [0.25, 0.3) is 0 Å². The SMILES string of the molecule is CCCCCCC1CC(C(=O)OC)=C1C(=O)OC. The highest BCUT2D eigenvalue weighted by Gasteiger charge is 2.38. The van der Waals surface area contributed by atoms with Crippen molar-refractivity contribution in [3.63, 3.8) is 0 Å². The monoisotopic (exact) mass is 254 g/mol. The molecule has 0 spiro atoms. The molecular weight excluding hydrogens is 232 g/mol. The van der Waals surface area contributed by atoms with Gasteiger partial charge in [0.1, 0.15) is 0 Å². The molecule has 0 amide bonds. The predicted octanol–water partition coefficient (Wildman–Crippen LogP) is 2.62. The normalized spacial score (nSPS) is 18.3. The van der Waals surface area contributed by atoms with Crippen LogP contribution in [0.3, 0.4) is 0 Å². The van der Waals surface area contributed by atoms with Crippen molar-refractivity contribution in [1.29, 1.82) is 0 Å². The Morgan fingerprint density at radius 3 is 2.33 bits per heavy atom. The van der Waals surface area contributed by atoms with Gasteiger partial charge in [-0.1, -0.05) is 32.6 Å². The summed E-state index contributed by atoms with van der Waals surface area (Å²) >= 11 is 0. The fourth-order valence-corrected chi connectivity index (χ4v) is 2.35. The Morgan fingerprint density at radius 2 is 1.78 bits per heavy atom. The van der Waals surface area contributed by atoms with E-state index in [0.29, 0.717) is 17.6 Å². The molecule has 0 aromatic carbocycles. The molecule has 1 atom stereocenters. The summed E-state index contributed by atoms with van der Waals surface area (Å²) in [6, 6.07) is 0. The summed E-state index contributed by atoms with van der Waals surface area (Å²) in [7, 11) is 2.68. The Hall–Kier alpha value is -1.32. The van der Waals surface area contributed by atoms with Crippen molar-refractivity contribution >= 4 is 11.9 Å².